The molecule has 2 aliphatic rings. The number of hydrogen-bond donors (Lipinski definition) is 0. The van der Waals surface area contributed by atoms with Crippen molar-refractivity contribution in [3.63, 3.8) is 0 Å². The molecule has 0 unspecified atom stereocenters. The lowest BCUT2D eigenvalue weighted by atomic mass is 10.1. The van der Waals surface area contributed by atoms with E-state index in [9.17, 15) is 4.79 Å². The second-order valence-electron chi connectivity index (χ2n) is 7.18. The van der Waals surface area contributed by atoms with Gasteiger partial charge in [-0.2, -0.15) is 0 Å². The third kappa shape index (κ3) is 4.59. The van der Waals surface area contributed by atoms with Crippen LogP contribution in [0.5, 0.6) is 0 Å². The number of piperazine rings is 1. The first-order valence-electron chi connectivity index (χ1n) is 10.0. The summed E-state index contributed by atoms with van der Waals surface area (Å²) in [6, 6.07) is 10.4. The number of benzene rings is 1. The van der Waals surface area contributed by atoms with Crippen molar-refractivity contribution >= 4 is 17.5 Å². The number of hydrogen-bond acceptors (Lipinski definition) is 6. The summed E-state index contributed by atoms with van der Waals surface area (Å²) in [7, 11) is 0. The summed E-state index contributed by atoms with van der Waals surface area (Å²) in [6.45, 7) is 6.49. The fraction of sp³-hybridized carbons (Fsp3) is 0.476. The van der Waals surface area contributed by atoms with Crippen LogP contribution in [0, 0.1) is 0 Å². The van der Waals surface area contributed by atoms with E-state index in [1.807, 2.05) is 11.0 Å². The Labute approximate surface area is 165 Å². The normalized spacial score (nSPS) is 17.6. The number of amides is 1. The Bertz CT molecular complexity index is 754. The molecule has 148 valence electrons. The number of carbonyl (C=O) groups is 1. The summed E-state index contributed by atoms with van der Waals surface area (Å²) in [5, 5.41) is 0. The van der Waals surface area contributed by atoms with E-state index in [4.69, 9.17) is 4.74 Å². The van der Waals surface area contributed by atoms with Crippen molar-refractivity contribution in [2.24, 2.45) is 0 Å². The minimum atomic E-state index is 0.228. The molecule has 0 radical (unpaired) electrons. The zero-order chi connectivity index (χ0) is 19.2. The van der Waals surface area contributed by atoms with Crippen molar-refractivity contribution in [1.82, 2.24) is 14.9 Å². The van der Waals surface area contributed by atoms with Crippen molar-refractivity contribution in [3.8, 4) is 0 Å². The summed E-state index contributed by atoms with van der Waals surface area (Å²) in [6.07, 6.45) is 4.84. The van der Waals surface area contributed by atoms with E-state index in [0.717, 1.165) is 64.9 Å². The Kier molecular flexibility index (Phi) is 6.01. The van der Waals surface area contributed by atoms with E-state index in [0.29, 0.717) is 6.42 Å². The van der Waals surface area contributed by atoms with E-state index < -0.39 is 0 Å². The molecule has 2 aromatic rings. The lowest BCUT2D eigenvalue weighted by molar-refractivity contribution is -0.131. The van der Waals surface area contributed by atoms with E-state index >= 15 is 0 Å². The highest BCUT2D eigenvalue weighted by Gasteiger charge is 2.22. The van der Waals surface area contributed by atoms with Gasteiger partial charge in [-0.3, -0.25) is 4.79 Å². The van der Waals surface area contributed by atoms with Gasteiger partial charge in [-0.15, -0.1) is 0 Å². The SMILES string of the molecule is O=C(CCc1ccc(N2CCOCC2)cc1)N1CCN(c2ncccn2)CC1. The van der Waals surface area contributed by atoms with Crippen LogP contribution >= 0.6 is 0 Å². The zero-order valence-electron chi connectivity index (χ0n) is 16.2. The second kappa shape index (κ2) is 9.01. The molecule has 1 amide bonds. The number of morpholine rings is 1. The first-order chi connectivity index (χ1) is 13.8. The van der Waals surface area contributed by atoms with Gasteiger partial charge in [0.1, 0.15) is 0 Å². The van der Waals surface area contributed by atoms with Gasteiger partial charge in [0.25, 0.3) is 0 Å². The molecule has 2 aliphatic heterocycles. The van der Waals surface area contributed by atoms with E-state index in [2.05, 4.69) is 44.0 Å². The Balaban J connectivity index is 1.23. The highest BCUT2D eigenvalue weighted by atomic mass is 16.5. The molecule has 3 heterocycles. The van der Waals surface area contributed by atoms with Gasteiger partial charge in [-0.05, 0) is 30.2 Å². The second-order valence-corrected chi connectivity index (χ2v) is 7.18. The Morgan fingerprint density at radius 2 is 1.57 bits per heavy atom. The van der Waals surface area contributed by atoms with Crippen molar-refractivity contribution in [2.75, 3.05) is 62.3 Å². The Hall–Kier alpha value is -2.67. The molecule has 7 nitrogen and oxygen atoms in total. The smallest absolute Gasteiger partial charge is 0.225 e. The molecule has 1 aromatic carbocycles. The molecule has 0 atom stereocenters. The number of ether oxygens (including phenoxy) is 1. The van der Waals surface area contributed by atoms with Crippen LogP contribution in [-0.4, -0.2) is 73.3 Å². The van der Waals surface area contributed by atoms with Crippen LogP contribution in [0.15, 0.2) is 42.7 Å². The number of rotatable bonds is 5. The van der Waals surface area contributed by atoms with Crippen molar-refractivity contribution < 1.29 is 9.53 Å². The third-order valence-electron chi connectivity index (χ3n) is 5.41. The molecule has 0 bridgehead atoms. The van der Waals surface area contributed by atoms with Crippen LogP contribution < -0.4 is 9.80 Å². The van der Waals surface area contributed by atoms with Crippen molar-refractivity contribution in [2.45, 2.75) is 12.8 Å². The highest BCUT2D eigenvalue weighted by molar-refractivity contribution is 5.76. The molecular weight excluding hydrogens is 354 g/mol. The number of nitrogens with zero attached hydrogens (tertiary/aromatic N) is 5. The Morgan fingerprint density at radius 1 is 0.893 bits per heavy atom. The summed E-state index contributed by atoms with van der Waals surface area (Å²) >= 11 is 0. The van der Waals surface area contributed by atoms with Crippen LogP contribution in [0.4, 0.5) is 11.6 Å². The first kappa shape index (κ1) is 18.7. The number of carbonyl (C=O) groups excluding carboxylic acids is 1. The monoisotopic (exact) mass is 381 g/mol. The average molecular weight is 381 g/mol. The molecule has 4 rings (SSSR count). The Morgan fingerprint density at radius 3 is 2.25 bits per heavy atom. The standard InChI is InChI=1S/C21H27N5O2/c27-20(25-10-12-26(13-11-25)21-22-8-1-9-23-21)7-4-18-2-5-19(6-3-18)24-14-16-28-17-15-24/h1-3,5-6,8-9H,4,7,10-17H2. The van der Waals surface area contributed by atoms with Crippen LogP contribution in [-0.2, 0) is 16.0 Å². The maximum Gasteiger partial charge on any atom is 0.225 e. The summed E-state index contributed by atoms with van der Waals surface area (Å²) < 4.78 is 5.41. The van der Waals surface area contributed by atoms with Gasteiger partial charge in [0.05, 0.1) is 13.2 Å². The first-order valence-corrected chi connectivity index (χ1v) is 10.0. The molecule has 0 aliphatic carbocycles. The molecule has 0 saturated carbocycles. The predicted octanol–water partition coefficient (Wildman–Crippen LogP) is 1.59. The van der Waals surface area contributed by atoms with E-state index in [1.54, 1.807) is 12.4 Å². The van der Waals surface area contributed by atoms with Gasteiger partial charge in [-0.25, -0.2) is 9.97 Å². The summed E-state index contributed by atoms with van der Waals surface area (Å²) in [4.78, 5) is 27.6. The summed E-state index contributed by atoms with van der Waals surface area (Å²) in [5.74, 6) is 0.973. The fourth-order valence-corrected chi connectivity index (χ4v) is 3.71. The average Bonchev–Trinajstić information content (AvgIpc) is 2.79. The number of aryl methyl sites for hydroxylation is 1. The quantitative estimate of drug-likeness (QED) is 0.784. The topological polar surface area (TPSA) is 61.8 Å². The number of aromatic nitrogens is 2. The van der Waals surface area contributed by atoms with Gasteiger partial charge in [0.15, 0.2) is 0 Å². The van der Waals surface area contributed by atoms with Gasteiger partial charge < -0.3 is 19.4 Å². The van der Waals surface area contributed by atoms with Crippen LogP contribution in [0.2, 0.25) is 0 Å². The van der Waals surface area contributed by atoms with Crippen LogP contribution in [0.3, 0.4) is 0 Å². The van der Waals surface area contributed by atoms with Gasteiger partial charge >= 0.3 is 0 Å². The minimum Gasteiger partial charge on any atom is -0.378 e. The van der Waals surface area contributed by atoms with Crippen LogP contribution in [0.1, 0.15) is 12.0 Å². The minimum absolute atomic E-state index is 0.228. The largest absolute Gasteiger partial charge is 0.378 e. The molecule has 1 aromatic heterocycles. The number of anilines is 2. The highest BCUT2D eigenvalue weighted by Crippen LogP contribution is 2.18. The predicted molar refractivity (Wildman–Crippen MR) is 109 cm³/mol. The van der Waals surface area contributed by atoms with Gasteiger partial charge in [0.2, 0.25) is 11.9 Å². The van der Waals surface area contributed by atoms with Crippen molar-refractivity contribution in [3.05, 3.63) is 48.3 Å². The molecule has 28 heavy (non-hydrogen) atoms. The van der Waals surface area contributed by atoms with Gasteiger partial charge in [-0.1, -0.05) is 12.1 Å². The van der Waals surface area contributed by atoms with Crippen LogP contribution in [0.25, 0.3) is 0 Å². The van der Waals surface area contributed by atoms with Crippen molar-refractivity contribution in [1.29, 1.82) is 0 Å². The summed E-state index contributed by atoms with van der Waals surface area (Å²) in [5.41, 5.74) is 2.44. The lowest BCUT2D eigenvalue weighted by Gasteiger charge is -2.34. The lowest BCUT2D eigenvalue weighted by Crippen LogP contribution is -2.49. The molecule has 0 N–H and O–H groups in total. The maximum atomic E-state index is 12.6. The molecule has 2 fully saturated rings. The molecule has 0 spiro atoms. The van der Waals surface area contributed by atoms with Gasteiger partial charge in [0, 0.05) is 63.8 Å². The molecule has 7 heteroatoms. The molecule has 2 saturated heterocycles. The maximum absolute atomic E-state index is 12.6. The van der Waals surface area contributed by atoms with E-state index in [-0.39, 0.29) is 5.91 Å². The molecular formula is C21H27N5O2. The zero-order valence-corrected chi connectivity index (χ0v) is 16.2. The third-order valence-corrected chi connectivity index (χ3v) is 5.41. The van der Waals surface area contributed by atoms with E-state index in [1.165, 1.54) is 11.3 Å². The fourth-order valence-electron chi connectivity index (χ4n) is 3.71.